The highest BCUT2D eigenvalue weighted by molar-refractivity contribution is 5.78. The molecule has 1 amide bonds. The third-order valence-electron chi connectivity index (χ3n) is 3.96. The van der Waals surface area contributed by atoms with Crippen LogP contribution >= 0.6 is 0 Å². The standard InChI is InChI=1S/C20H26N2O2/c1-16(19(23)13-17-9-5-3-6-10-17)21-20(24)15-22(2)14-18-11-7-4-8-12-18/h3-12,16,19,23H,13-15H2,1-2H3,(H,21,24). The maximum absolute atomic E-state index is 12.1. The largest absolute Gasteiger partial charge is 0.391 e. The number of hydrogen-bond acceptors (Lipinski definition) is 3. The molecule has 128 valence electrons. The number of carbonyl (C=O) groups is 1. The van der Waals surface area contributed by atoms with Crippen molar-refractivity contribution in [3.05, 3.63) is 71.8 Å². The Kier molecular flexibility index (Phi) is 6.97. The first-order valence-electron chi connectivity index (χ1n) is 8.28. The summed E-state index contributed by atoms with van der Waals surface area (Å²) in [6, 6.07) is 19.6. The molecule has 2 unspecified atom stereocenters. The Labute approximate surface area is 144 Å². The van der Waals surface area contributed by atoms with Crippen LogP contribution in [0.2, 0.25) is 0 Å². The van der Waals surface area contributed by atoms with E-state index in [1.807, 2.05) is 79.5 Å². The molecule has 4 heteroatoms. The molecular weight excluding hydrogens is 300 g/mol. The van der Waals surface area contributed by atoms with Crippen molar-refractivity contribution < 1.29 is 9.90 Å². The fourth-order valence-electron chi connectivity index (χ4n) is 2.62. The van der Waals surface area contributed by atoms with E-state index in [2.05, 4.69) is 5.32 Å². The Hall–Kier alpha value is -2.17. The first-order valence-corrected chi connectivity index (χ1v) is 8.28. The molecule has 0 fully saturated rings. The minimum atomic E-state index is -0.601. The van der Waals surface area contributed by atoms with Crippen LogP contribution in [0.15, 0.2) is 60.7 Å². The van der Waals surface area contributed by atoms with Gasteiger partial charge in [-0.05, 0) is 25.1 Å². The molecule has 0 heterocycles. The number of rotatable bonds is 8. The van der Waals surface area contributed by atoms with E-state index in [1.165, 1.54) is 5.56 Å². The van der Waals surface area contributed by atoms with Gasteiger partial charge in [-0.1, -0.05) is 60.7 Å². The number of amides is 1. The molecule has 2 atom stereocenters. The summed E-state index contributed by atoms with van der Waals surface area (Å²) in [6.07, 6.45) is -0.0712. The molecule has 2 rings (SSSR count). The van der Waals surface area contributed by atoms with Gasteiger partial charge in [-0.15, -0.1) is 0 Å². The average Bonchev–Trinajstić information content (AvgIpc) is 2.56. The van der Waals surface area contributed by atoms with E-state index in [-0.39, 0.29) is 11.9 Å². The number of nitrogens with zero attached hydrogens (tertiary/aromatic N) is 1. The first-order chi connectivity index (χ1) is 11.5. The molecule has 2 aromatic rings. The third-order valence-corrected chi connectivity index (χ3v) is 3.96. The minimum Gasteiger partial charge on any atom is -0.391 e. The predicted octanol–water partition coefficient (Wildman–Crippen LogP) is 2.23. The van der Waals surface area contributed by atoms with E-state index in [1.54, 1.807) is 0 Å². The van der Waals surface area contributed by atoms with Gasteiger partial charge in [0.25, 0.3) is 0 Å². The summed E-state index contributed by atoms with van der Waals surface area (Å²) in [5, 5.41) is 13.1. The number of likely N-dealkylation sites (N-methyl/N-ethyl adjacent to an activating group) is 1. The maximum Gasteiger partial charge on any atom is 0.234 e. The number of carbonyl (C=O) groups excluding carboxylic acids is 1. The molecular formula is C20H26N2O2. The van der Waals surface area contributed by atoms with Gasteiger partial charge in [0, 0.05) is 13.0 Å². The summed E-state index contributed by atoms with van der Waals surface area (Å²) in [4.78, 5) is 14.1. The molecule has 0 bridgehead atoms. The average molecular weight is 326 g/mol. The van der Waals surface area contributed by atoms with Crippen molar-refractivity contribution in [3.8, 4) is 0 Å². The Bertz CT molecular complexity index is 616. The summed E-state index contributed by atoms with van der Waals surface area (Å²) in [5.41, 5.74) is 2.23. The number of benzene rings is 2. The fourth-order valence-corrected chi connectivity index (χ4v) is 2.62. The number of aliphatic hydroxyl groups excluding tert-OH is 1. The zero-order valence-corrected chi connectivity index (χ0v) is 14.4. The highest BCUT2D eigenvalue weighted by atomic mass is 16.3. The lowest BCUT2D eigenvalue weighted by Gasteiger charge is -2.22. The molecule has 0 aliphatic rings. The number of nitrogens with one attached hydrogen (secondary N) is 1. The van der Waals surface area contributed by atoms with Gasteiger partial charge in [0.05, 0.1) is 18.7 Å². The molecule has 2 aromatic carbocycles. The van der Waals surface area contributed by atoms with Crippen LogP contribution < -0.4 is 5.32 Å². The van der Waals surface area contributed by atoms with Crippen LogP contribution in [0.25, 0.3) is 0 Å². The van der Waals surface area contributed by atoms with E-state index in [0.717, 1.165) is 12.1 Å². The molecule has 0 saturated heterocycles. The van der Waals surface area contributed by atoms with Gasteiger partial charge in [-0.3, -0.25) is 9.69 Å². The van der Waals surface area contributed by atoms with Gasteiger partial charge in [0.15, 0.2) is 0 Å². The van der Waals surface area contributed by atoms with Crippen molar-refractivity contribution in [2.45, 2.75) is 32.0 Å². The molecule has 24 heavy (non-hydrogen) atoms. The zero-order valence-electron chi connectivity index (χ0n) is 14.4. The lowest BCUT2D eigenvalue weighted by Crippen LogP contribution is -2.45. The van der Waals surface area contributed by atoms with E-state index in [4.69, 9.17) is 0 Å². The molecule has 0 radical (unpaired) electrons. The van der Waals surface area contributed by atoms with E-state index in [0.29, 0.717) is 13.0 Å². The quantitative estimate of drug-likeness (QED) is 0.782. The van der Waals surface area contributed by atoms with Crippen LogP contribution in [-0.4, -0.2) is 41.7 Å². The third kappa shape index (κ3) is 6.14. The zero-order chi connectivity index (χ0) is 17.4. The first kappa shape index (κ1) is 18.2. The second-order valence-electron chi connectivity index (χ2n) is 6.27. The monoisotopic (exact) mass is 326 g/mol. The maximum atomic E-state index is 12.1. The van der Waals surface area contributed by atoms with Crippen molar-refractivity contribution in [2.24, 2.45) is 0 Å². The summed E-state index contributed by atoms with van der Waals surface area (Å²) in [6.45, 7) is 2.86. The Morgan fingerprint density at radius 2 is 1.58 bits per heavy atom. The van der Waals surface area contributed by atoms with Gasteiger partial charge >= 0.3 is 0 Å². The summed E-state index contributed by atoms with van der Waals surface area (Å²) in [5.74, 6) is -0.0759. The molecule has 2 N–H and O–H groups in total. The van der Waals surface area contributed by atoms with Crippen LogP contribution in [0.4, 0.5) is 0 Å². The SMILES string of the molecule is CC(NC(=O)CN(C)Cc1ccccc1)C(O)Cc1ccccc1. The molecule has 0 aromatic heterocycles. The molecule has 0 aliphatic heterocycles. The fraction of sp³-hybridized carbons (Fsp3) is 0.350. The van der Waals surface area contributed by atoms with Crippen LogP contribution in [0.5, 0.6) is 0 Å². The van der Waals surface area contributed by atoms with Crippen molar-refractivity contribution in [1.29, 1.82) is 0 Å². The van der Waals surface area contributed by atoms with Crippen molar-refractivity contribution in [1.82, 2.24) is 10.2 Å². The predicted molar refractivity (Wildman–Crippen MR) is 96.5 cm³/mol. The Morgan fingerprint density at radius 3 is 2.17 bits per heavy atom. The highest BCUT2D eigenvalue weighted by Crippen LogP contribution is 2.06. The lowest BCUT2D eigenvalue weighted by molar-refractivity contribution is -0.123. The second-order valence-corrected chi connectivity index (χ2v) is 6.27. The number of aliphatic hydroxyl groups is 1. The number of hydrogen-bond donors (Lipinski definition) is 2. The van der Waals surface area contributed by atoms with Crippen LogP contribution in [0.3, 0.4) is 0 Å². The van der Waals surface area contributed by atoms with Crippen molar-refractivity contribution in [3.63, 3.8) is 0 Å². The minimum absolute atomic E-state index is 0.0759. The molecule has 0 saturated carbocycles. The van der Waals surface area contributed by atoms with Crippen LogP contribution in [0.1, 0.15) is 18.1 Å². The highest BCUT2D eigenvalue weighted by Gasteiger charge is 2.17. The van der Waals surface area contributed by atoms with Gasteiger partial charge in [-0.2, -0.15) is 0 Å². The summed E-state index contributed by atoms with van der Waals surface area (Å²) in [7, 11) is 1.91. The Morgan fingerprint density at radius 1 is 1.04 bits per heavy atom. The summed E-state index contributed by atoms with van der Waals surface area (Å²) >= 11 is 0. The van der Waals surface area contributed by atoms with Crippen molar-refractivity contribution in [2.75, 3.05) is 13.6 Å². The van der Waals surface area contributed by atoms with Gasteiger partial charge in [-0.25, -0.2) is 0 Å². The topological polar surface area (TPSA) is 52.6 Å². The van der Waals surface area contributed by atoms with Gasteiger partial charge < -0.3 is 10.4 Å². The van der Waals surface area contributed by atoms with E-state index in [9.17, 15) is 9.90 Å². The molecule has 0 spiro atoms. The van der Waals surface area contributed by atoms with Crippen molar-refractivity contribution >= 4 is 5.91 Å². The molecule has 4 nitrogen and oxygen atoms in total. The van der Waals surface area contributed by atoms with E-state index < -0.39 is 6.10 Å². The Balaban J connectivity index is 1.76. The van der Waals surface area contributed by atoms with E-state index >= 15 is 0 Å². The summed E-state index contributed by atoms with van der Waals surface area (Å²) < 4.78 is 0. The second kappa shape index (κ2) is 9.21. The molecule has 0 aliphatic carbocycles. The van der Waals surface area contributed by atoms with Gasteiger partial charge in [0.2, 0.25) is 5.91 Å². The van der Waals surface area contributed by atoms with Crippen LogP contribution in [0, 0.1) is 0 Å². The smallest absolute Gasteiger partial charge is 0.234 e. The normalized spacial score (nSPS) is 13.5. The lowest BCUT2D eigenvalue weighted by atomic mass is 10.0. The van der Waals surface area contributed by atoms with Crippen LogP contribution in [-0.2, 0) is 17.8 Å². The van der Waals surface area contributed by atoms with Gasteiger partial charge in [0.1, 0.15) is 0 Å².